The summed E-state index contributed by atoms with van der Waals surface area (Å²) in [4.78, 5) is 26.9. The van der Waals surface area contributed by atoms with E-state index in [9.17, 15) is 22.8 Å². The summed E-state index contributed by atoms with van der Waals surface area (Å²) in [7, 11) is 1.31. The Kier molecular flexibility index (Phi) is 3.96. The van der Waals surface area contributed by atoms with Crippen LogP contribution in [0.4, 0.5) is 23.7 Å². The molecule has 1 fully saturated rings. The molecule has 1 saturated heterocycles. The number of nitrogens with zero attached hydrogens (tertiary/aromatic N) is 2. The van der Waals surface area contributed by atoms with Crippen LogP contribution in [-0.4, -0.2) is 23.9 Å². The SMILES string of the molecule is CN1C(=O)N(c2ccccc2Cl)C(=O)[C@@H]1c1cc(F)c(F)c(F)c1. The summed E-state index contributed by atoms with van der Waals surface area (Å²) >= 11 is 6.01. The molecule has 1 atom stereocenters. The van der Waals surface area contributed by atoms with E-state index in [0.717, 1.165) is 9.80 Å². The van der Waals surface area contributed by atoms with Crippen molar-refractivity contribution >= 4 is 29.2 Å². The third kappa shape index (κ3) is 2.41. The maximum atomic E-state index is 13.5. The molecule has 24 heavy (non-hydrogen) atoms. The van der Waals surface area contributed by atoms with Gasteiger partial charge >= 0.3 is 6.03 Å². The minimum Gasteiger partial charge on any atom is -0.311 e. The molecule has 0 aromatic heterocycles. The van der Waals surface area contributed by atoms with Crippen LogP contribution in [0.15, 0.2) is 36.4 Å². The van der Waals surface area contributed by atoms with Gasteiger partial charge < -0.3 is 4.90 Å². The van der Waals surface area contributed by atoms with Gasteiger partial charge in [-0.05, 0) is 29.8 Å². The number of anilines is 1. The van der Waals surface area contributed by atoms with Gasteiger partial charge in [-0.1, -0.05) is 23.7 Å². The number of carbonyl (C=O) groups is 2. The van der Waals surface area contributed by atoms with Crippen molar-refractivity contribution in [2.45, 2.75) is 6.04 Å². The summed E-state index contributed by atoms with van der Waals surface area (Å²) in [5.74, 6) is -5.24. The molecule has 2 aromatic carbocycles. The molecule has 3 amide bonds. The first-order valence-corrected chi connectivity index (χ1v) is 7.20. The molecule has 3 rings (SSSR count). The number of benzene rings is 2. The highest BCUT2D eigenvalue weighted by molar-refractivity contribution is 6.35. The summed E-state index contributed by atoms with van der Waals surface area (Å²) in [6.07, 6.45) is 0. The Bertz CT molecular complexity index is 836. The van der Waals surface area contributed by atoms with E-state index in [2.05, 4.69) is 0 Å². The van der Waals surface area contributed by atoms with Gasteiger partial charge in [-0.15, -0.1) is 0 Å². The van der Waals surface area contributed by atoms with Gasteiger partial charge in [-0.25, -0.2) is 22.9 Å². The highest BCUT2D eigenvalue weighted by Gasteiger charge is 2.45. The van der Waals surface area contributed by atoms with Gasteiger partial charge in [0, 0.05) is 7.05 Å². The lowest BCUT2D eigenvalue weighted by Crippen LogP contribution is -2.31. The second kappa shape index (κ2) is 5.83. The maximum absolute atomic E-state index is 13.5. The van der Waals surface area contributed by atoms with Crippen molar-refractivity contribution in [1.29, 1.82) is 0 Å². The van der Waals surface area contributed by atoms with E-state index in [4.69, 9.17) is 11.6 Å². The topological polar surface area (TPSA) is 40.6 Å². The number of carbonyl (C=O) groups excluding carboxylic acids is 2. The molecule has 124 valence electrons. The fourth-order valence-corrected chi connectivity index (χ4v) is 2.82. The van der Waals surface area contributed by atoms with Crippen LogP contribution in [0.2, 0.25) is 5.02 Å². The Morgan fingerprint density at radius 3 is 2.21 bits per heavy atom. The Hall–Kier alpha value is -2.54. The van der Waals surface area contributed by atoms with Gasteiger partial charge in [0.1, 0.15) is 6.04 Å². The number of likely N-dealkylation sites (N-methyl/N-ethyl adjacent to an activating group) is 1. The molecule has 2 aromatic rings. The summed E-state index contributed by atoms with van der Waals surface area (Å²) in [5, 5.41) is 0.171. The molecule has 1 aliphatic rings. The molecule has 0 saturated carbocycles. The third-order valence-corrected chi connectivity index (χ3v) is 4.07. The number of amides is 3. The van der Waals surface area contributed by atoms with Crippen LogP contribution in [0, 0.1) is 17.5 Å². The Balaban J connectivity index is 2.07. The molecule has 1 aliphatic heterocycles. The number of para-hydroxylation sites is 1. The molecule has 4 nitrogen and oxygen atoms in total. The average Bonchev–Trinajstić information content (AvgIpc) is 2.75. The average molecular weight is 355 g/mol. The van der Waals surface area contributed by atoms with Crippen molar-refractivity contribution in [1.82, 2.24) is 4.90 Å². The van der Waals surface area contributed by atoms with Crippen LogP contribution in [0.5, 0.6) is 0 Å². The van der Waals surface area contributed by atoms with E-state index in [1.54, 1.807) is 12.1 Å². The first kappa shape index (κ1) is 16.3. The molecule has 0 radical (unpaired) electrons. The molecular weight excluding hydrogens is 345 g/mol. The number of rotatable bonds is 2. The smallest absolute Gasteiger partial charge is 0.311 e. The van der Waals surface area contributed by atoms with E-state index < -0.39 is 35.4 Å². The number of hydrogen-bond acceptors (Lipinski definition) is 2. The second-order valence-corrected chi connectivity index (χ2v) is 5.63. The van der Waals surface area contributed by atoms with Gasteiger partial charge in [-0.3, -0.25) is 4.79 Å². The van der Waals surface area contributed by atoms with Gasteiger partial charge in [0.2, 0.25) is 0 Å². The third-order valence-electron chi connectivity index (χ3n) is 3.75. The summed E-state index contributed by atoms with van der Waals surface area (Å²) in [5.41, 5.74) is -0.00613. The van der Waals surface area contributed by atoms with Gasteiger partial charge in [0.05, 0.1) is 10.7 Å². The predicted molar refractivity (Wildman–Crippen MR) is 81.2 cm³/mol. The lowest BCUT2D eigenvalue weighted by Gasteiger charge is -2.16. The minimum atomic E-state index is -1.64. The largest absolute Gasteiger partial charge is 0.332 e. The summed E-state index contributed by atoms with van der Waals surface area (Å²) in [6, 6.07) is 5.60. The van der Waals surface area contributed by atoms with E-state index in [-0.39, 0.29) is 16.3 Å². The van der Waals surface area contributed by atoms with Crippen molar-refractivity contribution in [3.05, 3.63) is 64.4 Å². The van der Waals surface area contributed by atoms with E-state index in [1.807, 2.05) is 0 Å². The number of hydrogen-bond donors (Lipinski definition) is 0. The van der Waals surface area contributed by atoms with Crippen LogP contribution < -0.4 is 4.90 Å². The molecule has 0 bridgehead atoms. The van der Waals surface area contributed by atoms with E-state index >= 15 is 0 Å². The predicted octanol–water partition coefficient (Wildman–Crippen LogP) is 3.90. The standard InChI is InChI=1S/C16H10ClF3N2O2/c1-21-14(8-6-10(18)13(20)11(19)7-8)15(23)22(16(21)24)12-5-3-2-4-9(12)17/h2-7,14H,1H3/t14-/m0/s1. The van der Waals surface area contributed by atoms with Gasteiger partial charge in [0.15, 0.2) is 17.5 Å². The molecule has 1 heterocycles. The molecular formula is C16H10ClF3N2O2. The van der Waals surface area contributed by atoms with Crippen LogP contribution in [0.3, 0.4) is 0 Å². The Morgan fingerprint density at radius 2 is 1.62 bits per heavy atom. The fourth-order valence-electron chi connectivity index (χ4n) is 2.60. The van der Waals surface area contributed by atoms with Crippen molar-refractivity contribution < 1.29 is 22.8 Å². The fraction of sp³-hybridized carbons (Fsp3) is 0.125. The molecule has 0 spiro atoms. The summed E-state index contributed by atoms with van der Waals surface area (Å²) < 4.78 is 40.0. The molecule has 0 aliphatic carbocycles. The number of halogens is 4. The normalized spacial score (nSPS) is 17.8. The van der Waals surface area contributed by atoms with Crippen molar-refractivity contribution in [3.63, 3.8) is 0 Å². The summed E-state index contributed by atoms with van der Waals surface area (Å²) in [6.45, 7) is 0. The van der Waals surface area contributed by atoms with Crippen molar-refractivity contribution in [3.8, 4) is 0 Å². The zero-order valence-corrected chi connectivity index (χ0v) is 13.0. The van der Waals surface area contributed by atoms with Crippen molar-refractivity contribution in [2.75, 3.05) is 11.9 Å². The highest BCUT2D eigenvalue weighted by atomic mass is 35.5. The van der Waals surface area contributed by atoms with Crippen LogP contribution in [0.1, 0.15) is 11.6 Å². The zero-order valence-electron chi connectivity index (χ0n) is 12.3. The van der Waals surface area contributed by atoms with Crippen LogP contribution >= 0.6 is 11.6 Å². The first-order valence-electron chi connectivity index (χ1n) is 6.82. The molecule has 8 heteroatoms. The number of urea groups is 1. The Morgan fingerprint density at radius 1 is 1.04 bits per heavy atom. The Labute approximate surface area is 140 Å². The first-order chi connectivity index (χ1) is 11.3. The maximum Gasteiger partial charge on any atom is 0.332 e. The van der Waals surface area contributed by atoms with E-state index in [0.29, 0.717) is 12.1 Å². The monoisotopic (exact) mass is 354 g/mol. The zero-order chi connectivity index (χ0) is 17.6. The quantitative estimate of drug-likeness (QED) is 0.606. The number of imide groups is 1. The molecule has 0 unspecified atom stereocenters. The van der Waals surface area contributed by atoms with Crippen molar-refractivity contribution in [2.24, 2.45) is 0 Å². The molecule has 0 N–H and O–H groups in total. The lowest BCUT2D eigenvalue weighted by molar-refractivity contribution is -0.119. The van der Waals surface area contributed by atoms with Gasteiger partial charge in [-0.2, -0.15) is 0 Å². The van der Waals surface area contributed by atoms with E-state index in [1.165, 1.54) is 19.2 Å². The van der Waals surface area contributed by atoms with Crippen LogP contribution in [-0.2, 0) is 4.79 Å². The van der Waals surface area contributed by atoms with Gasteiger partial charge in [0.25, 0.3) is 5.91 Å². The minimum absolute atomic E-state index is 0.159. The second-order valence-electron chi connectivity index (χ2n) is 5.22. The highest BCUT2D eigenvalue weighted by Crippen LogP contribution is 2.36. The van der Waals surface area contributed by atoms with Crippen LogP contribution in [0.25, 0.3) is 0 Å². The lowest BCUT2D eigenvalue weighted by atomic mass is 10.1.